The molecule has 0 fully saturated rings. The van der Waals surface area contributed by atoms with Crippen molar-refractivity contribution in [1.29, 1.82) is 0 Å². The fourth-order valence-electron chi connectivity index (χ4n) is 8.19. The molecule has 0 aliphatic rings. The van der Waals surface area contributed by atoms with E-state index in [9.17, 15) is 0 Å². The van der Waals surface area contributed by atoms with Gasteiger partial charge in [-0.15, -0.1) is 11.3 Å². The van der Waals surface area contributed by atoms with E-state index in [1.54, 1.807) is 0 Å². The number of rotatable bonds is 6. The van der Waals surface area contributed by atoms with Crippen LogP contribution in [0.3, 0.4) is 0 Å². The minimum absolute atomic E-state index is 0.905. The third-order valence-electron chi connectivity index (χ3n) is 10.9. The van der Waals surface area contributed by atoms with E-state index in [0.29, 0.717) is 0 Å². The monoisotopic (exact) mass is 719 g/mol. The number of furan rings is 1. The van der Waals surface area contributed by atoms with Gasteiger partial charge in [0.2, 0.25) is 0 Å². The van der Waals surface area contributed by atoms with Crippen LogP contribution in [-0.2, 0) is 0 Å². The van der Waals surface area contributed by atoms with Crippen molar-refractivity contribution in [3.05, 3.63) is 200 Å². The molecule has 0 amide bonds. The van der Waals surface area contributed by atoms with E-state index < -0.39 is 0 Å². The number of fused-ring (bicyclic) bond motifs is 7. The van der Waals surface area contributed by atoms with E-state index in [0.717, 1.165) is 44.4 Å². The Bertz CT molecular complexity index is 3200. The summed E-state index contributed by atoms with van der Waals surface area (Å²) in [5.74, 6) is 0. The maximum atomic E-state index is 6.16. The first-order valence-electron chi connectivity index (χ1n) is 18.7. The van der Waals surface area contributed by atoms with Gasteiger partial charge in [-0.25, -0.2) is 0 Å². The molecule has 0 unspecified atom stereocenters. The van der Waals surface area contributed by atoms with Crippen LogP contribution in [0.1, 0.15) is 0 Å². The molecule has 0 atom stereocenters. The zero-order valence-corrected chi connectivity index (χ0v) is 30.6. The highest BCUT2D eigenvalue weighted by Gasteiger charge is 2.19. The number of para-hydroxylation sites is 1. The van der Waals surface area contributed by atoms with Crippen molar-refractivity contribution in [3.63, 3.8) is 0 Å². The van der Waals surface area contributed by atoms with Gasteiger partial charge in [0.1, 0.15) is 11.2 Å². The molecule has 0 radical (unpaired) electrons. The zero-order chi connectivity index (χ0) is 36.3. The lowest BCUT2D eigenvalue weighted by atomic mass is 9.96. The smallest absolute Gasteiger partial charge is 0.135 e. The molecule has 0 bridgehead atoms. The molecule has 0 aliphatic carbocycles. The summed E-state index contributed by atoms with van der Waals surface area (Å²) < 4.78 is 8.73. The lowest BCUT2D eigenvalue weighted by Gasteiger charge is -2.27. The maximum absolute atomic E-state index is 6.16. The predicted molar refractivity (Wildman–Crippen MR) is 235 cm³/mol. The van der Waals surface area contributed by atoms with E-state index in [-0.39, 0.29) is 0 Å². The van der Waals surface area contributed by atoms with Crippen LogP contribution in [0.25, 0.3) is 86.3 Å². The number of benzene rings is 9. The zero-order valence-electron chi connectivity index (χ0n) is 29.8. The first kappa shape index (κ1) is 31.6. The van der Waals surface area contributed by atoms with Crippen LogP contribution >= 0.6 is 11.3 Å². The predicted octanol–water partition coefficient (Wildman–Crippen LogP) is 15.6. The molecular formula is C52H33NOS. The molecule has 2 aromatic heterocycles. The van der Waals surface area contributed by atoms with Crippen molar-refractivity contribution in [2.24, 2.45) is 0 Å². The summed E-state index contributed by atoms with van der Waals surface area (Å²) in [6.07, 6.45) is 0. The van der Waals surface area contributed by atoms with Gasteiger partial charge in [-0.2, -0.15) is 0 Å². The standard InChI is InChI=1S/C52H33NOS/c1-2-14-42-36(10-1)11-8-17-43(42)37-24-22-34(23-25-37)35-26-29-40(30-27-35)53(48-19-9-18-46-45-16-4-6-21-51(45)55-52(46)48)41-13-7-12-38(32-41)39-28-31-50-47(33-39)44-15-3-5-20-49(44)54-50/h1-33H. The molecular weight excluding hydrogens is 687 g/mol. The van der Waals surface area contributed by atoms with Gasteiger partial charge in [0, 0.05) is 37.6 Å². The summed E-state index contributed by atoms with van der Waals surface area (Å²) in [4.78, 5) is 2.42. The fraction of sp³-hybridized carbons (Fsp3) is 0. The molecule has 0 spiro atoms. The second-order valence-electron chi connectivity index (χ2n) is 14.1. The molecule has 11 aromatic rings. The molecule has 0 saturated carbocycles. The van der Waals surface area contributed by atoms with E-state index in [4.69, 9.17) is 4.42 Å². The lowest BCUT2D eigenvalue weighted by Crippen LogP contribution is -2.10. The molecule has 11 rings (SSSR count). The first-order chi connectivity index (χ1) is 27.2. The van der Waals surface area contributed by atoms with Crippen molar-refractivity contribution < 1.29 is 4.42 Å². The Hall–Kier alpha value is -6.94. The van der Waals surface area contributed by atoms with Gasteiger partial charge >= 0.3 is 0 Å². The second kappa shape index (κ2) is 12.9. The van der Waals surface area contributed by atoms with Gasteiger partial charge in [-0.1, -0.05) is 146 Å². The SMILES string of the molecule is c1cc(-c2ccc3oc4ccccc4c3c2)cc(N(c2ccc(-c3ccc(-c4cccc5ccccc45)cc3)cc2)c2cccc3c2sc2ccccc23)c1. The third kappa shape index (κ3) is 5.40. The Labute approximate surface area is 322 Å². The topological polar surface area (TPSA) is 16.4 Å². The highest BCUT2D eigenvalue weighted by atomic mass is 32.1. The van der Waals surface area contributed by atoms with Crippen LogP contribution in [0.4, 0.5) is 17.1 Å². The Balaban J connectivity index is 1.01. The number of hydrogen-bond acceptors (Lipinski definition) is 3. The number of nitrogens with zero attached hydrogens (tertiary/aromatic N) is 1. The quantitative estimate of drug-likeness (QED) is 0.170. The molecule has 2 nitrogen and oxygen atoms in total. The van der Waals surface area contributed by atoms with Crippen molar-refractivity contribution in [2.75, 3.05) is 4.90 Å². The minimum Gasteiger partial charge on any atom is -0.456 e. The minimum atomic E-state index is 0.905. The van der Waals surface area contributed by atoms with E-state index >= 15 is 0 Å². The Morgan fingerprint density at radius 1 is 0.364 bits per heavy atom. The Morgan fingerprint density at radius 2 is 0.982 bits per heavy atom. The third-order valence-corrected chi connectivity index (χ3v) is 12.1. The van der Waals surface area contributed by atoms with Crippen molar-refractivity contribution in [3.8, 4) is 33.4 Å². The van der Waals surface area contributed by atoms with Gasteiger partial charge in [-0.3, -0.25) is 0 Å². The summed E-state index contributed by atoms with van der Waals surface area (Å²) in [5, 5.41) is 7.37. The van der Waals surface area contributed by atoms with E-state index in [1.165, 1.54) is 58.9 Å². The Morgan fingerprint density at radius 3 is 1.85 bits per heavy atom. The fourth-order valence-corrected chi connectivity index (χ4v) is 9.39. The molecule has 9 aromatic carbocycles. The molecule has 0 N–H and O–H groups in total. The number of anilines is 3. The average molecular weight is 720 g/mol. The highest BCUT2D eigenvalue weighted by Crippen LogP contribution is 2.46. The van der Waals surface area contributed by atoms with Gasteiger partial charge in [0.15, 0.2) is 0 Å². The first-order valence-corrected chi connectivity index (χ1v) is 19.5. The Kier molecular flexibility index (Phi) is 7.39. The van der Waals surface area contributed by atoms with Crippen LogP contribution in [0.5, 0.6) is 0 Å². The normalized spacial score (nSPS) is 11.6. The summed E-state index contributed by atoms with van der Waals surface area (Å²) in [5.41, 5.74) is 12.4. The summed E-state index contributed by atoms with van der Waals surface area (Å²) in [7, 11) is 0. The summed E-state index contributed by atoms with van der Waals surface area (Å²) >= 11 is 1.86. The summed E-state index contributed by atoms with van der Waals surface area (Å²) in [6, 6.07) is 72.3. The van der Waals surface area contributed by atoms with Crippen molar-refractivity contribution >= 4 is 81.3 Å². The maximum Gasteiger partial charge on any atom is 0.135 e. The van der Waals surface area contributed by atoms with Gasteiger partial charge in [0.05, 0.1) is 10.4 Å². The van der Waals surface area contributed by atoms with Crippen LogP contribution in [0, 0.1) is 0 Å². The highest BCUT2D eigenvalue weighted by molar-refractivity contribution is 7.26. The molecule has 0 aliphatic heterocycles. The van der Waals surface area contributed by atoms with E-state index in [1.807, 2.05) is 23.5 Å². The molecule has 2 heterocycles. The van der Waals surface area contributed by atoms with Crippen LogP contribution in [0.2, 0.25) is 0 Å². The van der Waals surface area contributed by atoms with Gasteiger partial charge in [0.25, 0.3) is 0 Å². The van der Waals surface area contributed by atoms with Crippen LogP contribution in [0.15, 0.2) is 205 Å². The lowest BCUT2D eigenvalue weighted by molar-refractivity contribution is 0.669. The molecule has 55 heavy (non-hydrogen) atoms. The molecule has 3 heteroatoms. The molecule has 258 valence electrons. The van der Waals surface area contributed by atoms with Gasteiger partial charge in [-0.05, 0) is 98.8 Å². The van der Waals surface area contributed by atoms with Gasteiger partial charge < -0.3 is 9.32 Å². The number of thiophene rings is 1. The van der Waals surface area contributed by atoms with Crippen LogP contribution < -0.4 is 4.90 Å². The number of hydrogen-bond donors (Lipinski definition) is 0. The summed E-state index contributed by atoms with van der Waals surface area (Å²) in [6.45, 7) is 0. The average Bonchev–Trinajstić information content (AvgIpc) is 3.83. The molecule has 0 saturated heterocycles. The van der Waals surface area contributed by atoms with Crippen molar-refractivity contribution in [2.45, 2.75) is 0 Å². The van der Waals surface area contributed by atoms with Crippen molar-refractivity contribution in [1.82, 2.24) is 0 Å². The second-order valence-corrected chi connectivity index (χ2v) is 15.2. The van der Waals surface area contributed by atoms with E-state index in [2.05, 4.69) is 193 Å². The van der Waals surface area contributed by atoms with Crippen LogP contribution in [-0.4, -0.2) is 0 Å². The largest absolute Gasteiger partial charge is 0.456 e.